The van der Waals surface area contributed by atoms with Crippen molar-refractivity contribution < 1.29 is 41.8 Å². The predicted molar refractivity (Wildman–Crippen MR) is 330 cm³/mol. The van der Waals surface area contributed by atoms with Crippen molar-refractivity contribution in [3.05, 3.63) is 72.4 Å². The average Bonchev–Trinajstić information content (AvgIpc) is 3.88. The number of allylic oxidation sites excluding steroid dienone is 1. The molecule has 0 spiro atoms. The highest BCUT2D eigenvalue weighted by Crippen LogP contribution is 2.47. The fourth-order valence-corrected chi connectivity index (χ4v) is 15.8. The Hall–Kier alpha value is -1.56. The zero-order valence-electron chi connectivity index (χ0n) is 53.1. The third-order valence-corrected chi connectivity index (χ3v) is 34.2. The van der Waals surface area contributed by atoms with Crippen LogP contribution in [0.1, 0.15) is 173 Å². The second-order valence-electron chi connectivity index (χ2n) is 30.0. The third kappa shape index (κ3) is 16.6. The van der Waals surface area contributed by atoms with Crippen LogP contribution in [0, 0.1) is 29.6 Å². The summed E-state index contributed by atoms with van der Waals surface area (Å²) >= 11 is 0. The maximum atomic E-state index is 14.0. The van der Waals surface area contributed by atoms with E-state index in [0.717, 1.165) is 76.4 Å². The zero-order valence-corrected chi connectivity index (χ0v) is 56.1. The van der Waals surface area contributed by atoms with Crippen LogP contribution in [0.4, 0.5) is 0 Å². The number of hydrogen-bond acceptors (Lipinski definition) is 9. The lowest BCUT2D eigenvalue weighted by atomic mass is 9.78. The van der Waals surface area contributed by atoms with Crippen LogP contribution >= 0.6 is 0 Å². The lowest BCUT2D eigenvalue weighted by molar-refractivity contribution is -0.251. The minimum atomic E-state index is -2.33. The number of hydrogen-bond donors (Lipinski definition) is 0. The van der Waals surface area contributed by atoms with E-state index in [9.17, 15) is 4.79 Å². The maximum absolute atomic E-state index is 14.0. The molecule has 6 rings (SSSR count). The van der Waals surface area contributed by atoms with E-state index in [2.05, 4.69) is 180 Å². The van der Waals surface area contributed by atoms with E-state index < -0.39 is 31.1 Å². The van der Waals surface area contributed by atoms with Crippen molar-refractivity contribution in [2.75, 3.05) is 6.61 Å². The summed E-state index contributed by atoms with van der Waals surface area (Å²) in [6, 6.07) is 10.9. The van der Waals surface area contributed by atoms with Gasteiger partial charge in [-0.2, -0.15) is 0 Å². The largest absolute Gasteiger partial charge is 0.417 e. The molecule has 5 saturated heterocycles. The molecular weight excluding hydrogens is 1020 g/mol. The van der Waals surface area contributed by atoms with Crippen molar-refractivity contribution in [3.63, 3.8) is 0 Å². The van der Waals surface area contributed by atoms with Crippen LogP contribution in [0.25, 0.3) is 0 Å². The van der Waals surface area contributed by atoms with E-state index in [1.807, 2.05) is 6.08 Å². The Labute approximate surface area is 480 Å². The Morgan fingerprint density at radius 2 is 1.38 bits per heavy atom. The smallest absolute Gasteiger partial charge is 0.193 e. The molecule has 5 heterocycles. The Morgan fingerprint density at radius 3 is 2.01 bits per heavy atom. The summed E-state index contributed by atoms with van der Waals surface area (Å²) in [5, 5.41) is 0.150. The average molecular weight is 1140 g/mol. The quantitative estimate of drug-likeness (QED) is 0.0604. The Kier molecular flexibility index (Phi) is 22.3. The Balaban J connectivity index is 1.07. The summed E-state index contributed by atoms with van der Waals surface area (Å²) in [4.78, 5) is 14.0. The van der Waals surface area contributed by atoms with Gasteiger partial charge in [0.2, 0.25) is 0 Å². The highest BCUT2D eigenvalue weighted by atomic mass is 28.4. The molecule has 0 aromatic heterocycles. The van der Waals surface area contributed by atoms with Gasteiger partial charge in [-0.3, -0.25) is 4.79 Å². The zero-order chi connectivity index (χ0) is 57.9. The summed E-state index contributed by atoms with van der Waals surface area (Å²) in [6.45, 7) is 56.1. The van der Waals surface area contributed by atoms with Crippen LogP contribution in [0.15, 0.2) is 66.8 Å². The van der Waals surface area contributed by atoms with Crippen LogP contribution in [-0.2, 0) is 48.2 Å². The minimum absolute atomic E-state index is 0.00495. The van der Waals surface area contributed by atoms with Gasteiger partial charge < -0.3 is 37.0 Å². The Bertz CT molecular complexity index is 2140. The van der Waals surface area contributed by atoms with Gasteiger partial charge in [0.25, 0.3) is 0 Å². The lowest BCUT2D eigenvalue weighted by Gasteiger charge is -2.54. The molecule has 0 N–H and O–H groups in total. The van der Waals surface area contributed by atoms with Crippen molar-refractivity contribution in [2.45, 2.75) is 302 Å². The first kappa shape index (κ1) is 65.6. The van der Waals surface area contributed by atoms with Crippen LogP contribution in [-0.4, -0.2) is 111 Å². The fraction of sp³-hybridized carbons (Fsp3) is 0.803. The second kappa shape index (κ2) is 26.6. The number of fused-ring (bicyclic) bond motifs is 1. The SMILES string of the molecule is C=C1C(C[C@@H]2O[C@H](C[C@H](C)CO[Si](C)(C)C(C)(C)C)[C@H](C)[C@H]2Cc2ccccc2)OC(CC[C@@H]2O[C@@H](CCC(=O)/C=C/[C@H](O[Si](C)(C)C(C)(C)C)[C@@H]3O[C@H]4CC[C@H](CC)O[C@@H]4[C@H](C)[C@@H]3O[Si](C)(C)C(C)(C)C)CC2=C)C[C@H]1C. The number of ketones is 1. The van der Waals surface area contributed by atoms with Crippen LogP contribution < -0.4 is 0 Å². The van der Waals surface area contributed by atoms with Gasteiger partial charge in [-0.15, -0.1) is 0 Å². The van der Waals surface area contributed by atoms with E-state index in [0.29, 0.717) is 36.5 Å². The molecule has 1 aromatic carbocycles. The number of ether oxygens (including phenoxy) is 5. The highest BCUT2D eigenvalue weighted by Gasteiger charge is 2.54. The lowest BCUT2D eigenvalue weighted by Crippen LogP contribution is -2.64. The van der Waals surface area contributed by atoms with Crippen molar-refractivity contribution in [3.8, 4) is 0 Å². The molecule has 444 valence electrons. The third-order valence-electron chi connectivity index (χ3n) is 20.7. The van der Waals surface area contributed by atoms with Gasteiger partial charge >= 0.3 is 0 Å². The number of rotatable bonds is 23. The molecule has 78 heavy (non-hydrogen) atoms. The maximum Gasteiger partial charge on any atom is 0.193 e. The monoisotopic (exact) mass is 1130 g/mol. The van der Waals surface area contributed by atoms with Gasteiger partial charge in [-0.1, -0.05) is 146 Å². The molecule has 5 aliphatic rings. The van der Waals surface area contributed by atoms with Crippen molar-refractivity contribution in [1.82, 2.24) is 0 Å². The highest BCUT2D eigenvalue weighted by molar-refractivity contribution is 6.75. The summed E-state index contributed by atoms with van der Waals surface area (Å²) < 4.78 is 56.3. The fourth-order valence-electron chi connectivity index (χ4n) is 12.1. The normalized spacial score (nSPS) is 33.6. The molecule has 9 nitrogen and oxygen atoms in total. The second-order valence-corrected chi connectivity index (χ2v) is 44.3. The summed E-state index contributed by atoms with van der Waals surface area (Å²) in [5.74, 6) is 1.72. The van der Waals surface area contributed by atoms with Crippen molar-refractivity contribution in [1.29, 1.82) is 0 Å². The Morgan fingerprint density at radius 1 is 0.744 bits per heavy atom. The molecular formula is C66H114O9Si3. The van der Waals surface area contributed by atoms with E-state index in [1.165, 1.54) is 11.1 Å². The van der Waals surface area contributed by atoms with Crippen LogP contribution in [0.2, 0.25) is 54.4 Å². The van der Waals surface area contributed by atoms with Crippen molar-refractivity contribution >= 4 is 30.7 Å². The van der Waals surface area contributed by atoms with Gasteiger partial charge in [-0.05, 0) is 165 Å². The molecule has 0 radical (unpaired) electrons. The molecule has 2 unspecified atom stereocenters. The van der Waals surface area contributed by atoms with E-state index >= 15 is 0 Å². The first-order chi connectivity index (χ1) is 36.1. The first-order valence-corrected chi connectivity index (χ1v) is 39.7. The van der Waals surface area contributed by atoms with Gasteiger partial charge in [0, 0.05) is 25.4 Å². The summed E-state index contributed by atoms with van der Waals surface area (Å²) in [5.41, 5.74) is 3.67. The van der Waals surface area contributed by atoms with E-state index in [-0.39, 0.29) is 94.0 Å². The summed E-state index contributed by atoms with van der Waals surface area (Å²) in [7, 11) is -6.43. The molecule has 0 aliphatic carbocycles. The molecule has 5 aliphatic heterocycles. The van der Waals surface area contributed by atoms with Gasteiger partial charge in [0.1, 0.15) is 6.10 Å². The van der Waals surface area contributed by atoms with E-state index in [1.54, 1.807) is 6.08 Å². The number of carbonyl (C=O) groups excluding carboxylic acids is 1. The van der Waals surface area contributed by atoms with Gasteiger partial charge in [0.15, 0.2) is 30.7 Å². The standard InChI is InChI=1S/C66H114O9Si3/c1-23-51-32-36-56-61(71-51)48(7)62(75-78(21,22)66(14,15)16)63(73-56)57(74-77(19,20)65(11,12)13)34-30-50(67)29-31-52-39-45(4)55(69-52)35-33-53-38-44(3)46(5)59(70-53)41-60-54(40-49-27-25-24-26-28-49)47(6)58(72-60)37-43(2)42-68-76(17,18)64(8,9)10/h24-28,30,34,43-44,47-48,51-63H,4-5,23,29,31-33,35-42H2,1-3,6-22H3/b34-30+/t43-,44+,47+,48-,51-,52-,53?,54+,55-,56-,57-,58+,59?,60-,61+,62-,63-/m0/s1. The number of carbonyl (C=O) groups is 1. The van der Waals surface area contributed by atoms with Crippen LogP contribution in [0.3, 0.4) is 0 Å². The summed E-state index contributed by atoms with van der Waals surface area (Å²) in [6.07, 6.45) is 13.3. The predicted octanol–water partition coefficient (Wildman–Crippen LogP) is 16.6. The first-order valence-electron chi connectivity index (χ1n) is 31.0. The molecule has 12 heteroatoms. The van der Waals surface area contributed by atoms with E-state index in [4.69, 9.17) is 37.0 Å². The molecule has 5 fully saturated rings. The molecule has 0 saturated carbocycles. The van der Waals surface area contributed by atoms with Gasteiger partial charge in [0.05, 0.1) is 67.1 Å². The van der Waals surface area contributed by atoms with Gasteiger partial charge in [-0.25, -0.2) is 0 Å². The van der Waals surface area contributed by atoms with Crippen molar-refractivity contribution in [2.24, 2.45) is 29.6 Å². The minimum Gasteiger partial charge on any atom is -0.417 e. The number of benzene rings is 1. The molecule has 0 amide bonds. The molecule has 1 aromatic rings. The topological polar surface area (TPSA) is 90.9 Å². The van der Waals surface area contributed by atoms with Crippen LogP contribution in [0.5, 0.6) is 0 Å². The molecule has 17 atom stereocenters. The molecule has 0 bridgehead atoms.